The number of hydrogen-bond donors (Lipinski definition) is 0. The first-order valence-electron chi connectivity index (χ1n) is 13.6. The number of hydrogen-bond acceptors (Lipinski definition) is 6. The standard InChI is InChI=1S/C30H36F3N5O3Si/c1-28(2,3)42(6,7)41-19-29(4,5)38-18-23(22-16-34-11-9-25(22)38)27(40)24-15-20(8-12-35-24)14-21(39)17-37-13-10-26(36-37)30(31,32)33/h8-13,15-16,18H,14,17,19H2,1-7H3. The molecule has 4 aromatic heterocycles. The lowest BCUT2D eigenvalue weighted by atomic mass is 10.0. The Hall–Kier alpha value is -3.64. The zero-order chi connectivity index (χ0) is 31.1. The van der Waals surface area contributed by atoms with E-state index in [0.29, 0.717) is 23.1 Å². The highest BCUT2D eigenvalue weighted by molar-refractivity contribution is 6.74. The zero-order valence-electron chi connectivity index (χ0n) is 24.9. The van der Waals surface area contributed by atoms with Crippen molar-refractivity contribution in [3.8, 4) is 0 Å². The smallest absolute Gasteiger partial charge is 0.414 e. The lowest BCUT2D eigenvalue weighted by Crippen LogP contribution is -2.45. The molecule has 12 heteroatoms. The molecule has 4 aromatic rings. The van der Waals surface area contributed by atoms with Crippen LogP contribution in [0, 0.1) is 0 Å². The van der Waals surface area contributed by atoms with Crippen molar-refractivity contribution in [1.29, 1.82) is 0 Å². The SMILES string of the molecule is CC(C)(CO[Si](C)(C)C(C)(C)C)n1cc(C(=O)c2cc(CC(=O)Cn3ccc(C(F)(F)F)n3)ccn2)c2cnccc21. The van der Waals surface area contributed by atoms with Crippen molar-refractivity contribution in [2.45, 2.75) is 77.4 Å². The average Bonchev–Trinajstić information content (AvgIpc) is 3.52. The Morgan fingerprint density at radius 3 is 2.38 bits per heavy atom. The third-order valence-electron chi connectivity index (χ3n) is 7.82. The maximum atomic E-state index is 13.7. The van der Waals surface area contributed by atoms with Crippen molar-refractivity contribution >= 4 is 30.8 Å². The van der Waals surface area contributed by atoms with Crippen molar-refractivity contribution in [3.05, 3.63) is 77.8 Å². The van der Waals surface area contributed by atoms with Crippen LogP contribution in [0.25, 0.3) is 10.9 Å². The number of fused-ring (bicyclic) bond motifs is 1. The molecular formula is C30H36F3N5O3Si. The summed E-state index contributed by atoms with van der Waals surface area (Å²) in [6.07, 6.45) is 3.02. The summed E-state index contributed by atoms with van der Waals surface area (Å²) in [5.41, 5.74) is 0.388. The molecule has 0 radical (unpaired) electrons. The van der Waals surface area contributed by atoms with Crippen molar-refractivity contribution in [2.75, 3.05) is 6.61 Å². The van der Waals surface area contributed by atoms with Gasteiger partial charge in [-0.3, -0.25) is 24.2 Å². The molecule has 0 aliphatic carbocycles. The van der Waals surface area contributed by atoms with Gasteiger partial charge >= 0.3 is 6.18 Å². The molecule has 0 N–H and O–H groups in total. The minimum Gasteiger partial charge on any atom is -0.414 e. The average molecular weight is 600 g/mol. The molecule has 0 aromatic carbocycles. The van der Waals surface area contributed by atoms with Crippen LogP contribution in [0.15, 0.2) is 55.2 Å². The molecule has 0 fully saturated rings. The lowest BCUT2D eigenvalue weighted by molar-refractivity contribution is -0.141. The second kappa shape index (κ2) is 11.2. The monoisotopic (exact) mass is 599 g/mol. The molecule has 0 unspecified atom stereocenters. The van der Waals surface area contributed by atoms with Gasteiger partial charge in [0, 0.05) is 42.8 Å². The number of carbonyl (C=O) groups is 2. The molecule has 42 heavy (non-hydrogen) atoms. The number of alkyl halides is 3. The molecule has 0 saturated carbocycles. The van der Waals surface area contributed by atoms with E-state index in [1.165, 1.54) is 12.3 Å². The Balaban J connectivity index is 1.56. The van der Waals surface area contributed by atoms with E-state index in [-0.39, 0.29) is 35.3 Å². The highest BCUT2D eigenvalue weighted by atomic mass is 28.4. The maximum absolute atomic E-state index is 13.7. The first-order valence-corrected chi connectivity index (χ1v) is 16.5. The molecular weight excluding hydrogens is 563 g/mol. The molecule has 0 bridgehead atoms. The molecule has 0 spiro atoms. The summed E-state index contributed by atoms with van der Waals surface area (Å²) in [7, 11) is -2.02. The number of rotatable bonds is 10. The number of aromatic nitrogens is 5. The van der Waals surface area contributed by atoms with Gasteiger partial charge in [-0.05, 0) is 61.8 Å². The van der Waals surface area contributed by atoms with E-state index < -0.39 is 25.7 Å². The third-order valence-corrected chi connectivity index (χ3v) is 12.3. The van der Waals surface area contributed by atoms with Crippen molar-refractivity contribution in [2.24, 2.45) is 0 Å². The molecule has 8 nitrogen and oxygen atoms in total. The third kappa shape index (κ3) is 6.70. The van der Waals surface area contributed by atoms with Crippen LogP contribution in [0.1, 0.15) is 61.9 Å². The van der Waals surface area contributed by atoms with Gasteiger partial charge in [-0.25, -0.2) is 0 Å². The number of ketones is 2. The Morgan fingerprint density at radius 2 is 1.74 bits per heavy atom. The molecule has 4 heterocycles. The van der Waals surface area contributed by atoms with Crippen molar-refractivity contribution in [1.82, 2.24) is 24.3 Å². The molecule has 0 atom stereocenters. The van der Waals surface area contributed by atoms with Crippen LogP contribution in [-0.4, -0.2) is 50.8 Å². The summed E-state index contributed by atoms with van der Waals surface area (Å²) in [6.45, 7) is 15.2. The van der Waals surface area contributed by atoms with Crippen LogP contribution < -0.4 is 0 Å². The number of pyridine rings is 2. The molecule has 4 rings (SSSR count). The Kier molecular flexibility index (Phi) is 8.36. The van der Waals surface area contributed by atoms with Crippen molar-refractivity contribution < 1.29 is 27.2 Å². The van der Waals surface area contributed by atoms with E-state index in [4.69, 9.17) is 4.43 Å². The summed E-state index contributed by atoms with van der Waals surface area (Å²) in [5.74, 6) is -0.690. The summed E-state index contributed by atoms with van der Waals surface area (Å²) in [6, 6.07) is 5.82. The van der Waals surface area contributed by atoms with Crippen LogP contribution in [0.2, 0.25) is 18.1 Å². The predicted molar refractivity (Wildman–Crippen MR) is 156 cm³/mol. The summed E-state index contributed by atoms with van der Waals surface area (Å²) in [5, 5.41) is 4.15. The van der Waals surface area contributed by atoms with Gasteiger partial charge in [-0.15, -0.1) is 0 Å². The largest absolute Gasteiger partial charge is 0.435 e. The van der Waals surface area contributed by atoms with Gasteiger partial charge < -0.3 is 8.99 Å². The van der Waals surface area contributed by atoms with Gasteiger partial charge in [0.1, 0.15) is 5.69 Å². The fourth-order valence-corrected chi connectivity index (χ4v) is 5.46. The van der Waals surface area contributed by atoms with Crippen molar-refractivity contribution in [3.63, 3.8) is 0 Å². The second-order valence-corrected chi connectivity index (χ2v) is 17.5. The van der Waals surface area contributed by atoms with E-state index in [1.54, 1.807) is 24.7 Å². The highest BCUT2D eigenvalue weighted by Crippen LogP contribution is 2.38. The van der Waals surface area contributed by atoms with Gasteiger partial charge in [0.15, 0.2) is 19.8 Å². The van der Waals surface area contributed by atoms with E-state index in [1.807, 2.05) is 10.6 Å². The predicted octanol–water partition coefficient (Wildman–Crippen LogP) is 6.45. The zero-order valence-corrected chi connectivity index (χ0v) is 25.9. The summed E-state index contributed by atoms with van der Waals surface area (Å²) >= 11 is 0. The fourth-order valence-electron chi connectivity index (χ4n) is 4.31. The van der Waals surface area contributed by atoms with E-state index in [2.05, 4.69) is 62.8 Å². The molecule has 0 saturated heterocycles. The fraction of sp³-hybridized carbons (Fsp3) is 0.433. The molecule has 0 aliphatic heterocycles. The molecule has 0 aliphatic rings. The van der Waals surface area contributed by atoms with Gasteiger partial charge in [-0.1, -0.05) is 20.8 Å². The topological polar surface area (TPSA) is 91.9 Å². The minimum absolute atomic E-state index is 0.0509. The maximum Gasteiger partial charge on any atom is 0.435 e. The quantitative estimate of drug-likeness (QED) is 0.154. The highest BCUT2D eigenvalue weighted by Gasteiger charge is 2.39. The van der Waals surface area contributed by atoms with Gasteiger partial charge in [0.25, 0.3) is 0 Å². The lowest BCUT2D eigenvalue weighted by Gasteiger charge is -2.39. The van der Waals surface area contributed by atoms with E-state index in [0.717, 1.165) is 22.5 Å². The van der Waals surface area contributed by atoms with Crippen LogP contribution in [0.3, 0.4) is 0 Å². The van der Waals surface area contributed by atoms with Gasteiger partial charge in [0.05, 0.1) is 29.8 Å². The van der Waals surface area contributed by atoms with Crippen LogP contribution in [0.4, 0.5) is 13.2 Å². The Morgan fingerprint density at radius 1 is 1.02 bits per heavy atom. The van der Waals surface area contributed by atoms with Gasteiger partial charge in [-0.2, -0.15) is 18.3 Å². The summed E-state index contributed by atoms with van der Waals surface area (Å²) in [4.78, 5) is 34.8. The minimum atomic E-state index is -4.58. The van der Waals surface area contributed by atoms with Crippen LogP contribution in [0.5, 0.6) is 0 Å². The summed E-state index contributed by atoms with van der Waals surface area (Å²) < 4.78 is 48.0. The van der Waals surface area contributed by atoms with Crippen LogP contribution >= 0.6 is 0 Å². The van der Waals surface area contributed by atoms with Crippen LogP contribution in [-0.2, 0) is 33.9 Å². The Labute approximate surface area is 244 Å². The normalized spacial score (nSPS) is 13.1. The molecule has 224 valence electrons. The van der Waals surface area contributed by atoms with E-state index in [9.17, 15) is 22.8 Å². The number of carbonyl (C=O) groups excluding carboxylic acids is 2. The van der Waals surface area contributed by atoms with E-state index >= 15 is 0 Å². The Bertz CT molecular complexity index is 1620. The number of halogens is 3. The second-order valence-electron chi connectivity index (χ2n) is 12.7. The first kappa shape index (κ1) is 31.3. The molecule has 0 amide bonds. The number of nitrogens with zero attached hydrogens (tertiary/aromatic N) is 5. The van der Waals surface area contributed by atoms with Gasteiger partial charge in [0.2, 0.25) is 5.78 Å². The number of Topliss-reactive ketones (excluding diaryl/α,β-unsaturated/α-hetero) is 1. The first-order chi connectivity index (χ1) is 19.4.